The van der Waals surface area contributed by atoms with Crippen molar-refractivity contribution in [2.45, 2.75) is 26.3 Å². The largest absolute Gasteiger partial charge is 0.345 e. The van der Waals surface area contributed by atoms with Crippen LogP contribution in [0.2, 0.25) is 5.02 Å². The van der Waals surface area contributed by atoms with Crippen LogP contribution >= 0.6 is 11.6 Å². The first-order valence-electron chi connectivity index (χ1n) is 6.83. The molecule has 2 nitrogen and oxygen atoms in total. The highest BCUT2D eigenvalue weighted by Gasteiger charge is 2.17. The summed E-state index contributed by atoms with van der Waals surface area (Å²) >= 11 is 5.69. The number of halogens is 2. The first kappa shape index (κ1) is 15.5. The Morgan fingerprint density at radius 2 is 1.90 bits per heavy atom. The van der Waals surface area contributed by atoms with Gasteiger partial charge in [0.25, 0.3) is 5.91 Å². The highest BCUT2D eigenvalue weighted by atomic mass is 35.5. The third-order valence-electron chi connectivity index (χ3n) is 3.37. The topological polar surface area (TPSA) is 29.1 Å². The van der Waals surface area contributed by atoms with Gasteiger partial charge in [-0.05, 0) is 37.1 Å². The van der Waals surface area contributed by atoms with E-state index in [4.69, 9.17) is 11.6 Å². The Morgan fingerprint density at radius 3 is 2.48 bits per heavy atom. The second-order valence-electron chi connectivity index (χ2n) is 4.97. The van der Waals surface area contributed by atoms with Crippen molar-refractivity contribution in [3.8, 4) is 0 Å². The molecule has 0 spiro atoms. The summed E-state index contributed by atoms with van der Waals surface area (Å²) in [4.78, 5) is 12.2. The van der Waals surface area contributed by atoms with Gasteiger partial charge in [0.05, 0.1) is 11.6 Å². The monoisotopic (exact) mass is 305 g/mol. The first-order valence-corrected chi connectivity index (χ1v) is 7.21. The summed E-state index contributed by atoms with van der Waals surface area (Å²) in [6.45, 7) is 3.98. The molecule has 2 aromatic carbocycles. The number of amides is 1. The number of hydrogen-bond acceptors (Lipinski definition) is 1. The maximum Gasteiger partial charge on any atom is 0.254 e. The Labute approximate surface area is 128 Å². The summed E-state index contributed by atoms with van der Waals surface area (Å²) in [5, 5.41) is 3.13. The molecule has 0 saturated carbocycles. The predicted octanol–water partition coefficient (Wildman–Crippen LogP) is 4.67. The molecular formula is C17H17ClFNO. The summed E-state index contributed by atoms with van der Waals surface area (Å²) in [7, 11) is 0. The van der Waals surface area contributed by atoms with Crippen LogP contribution < -0.4 is 5.32 Å². The van der Waals surface area contributed by atoms with Crippen LogP contribution in [0.4, 0.5) is 4.39 Å². The van der Waals surface area contributed by atoms with Crippen molar-refractivity contribution in [1.29, 1.82) is 0 Å². The van der Waals surface area contributed by atoms with E-state index in [0.29, 0.717) is 0 Å². The molecule has 2 rings (SSSR count). The lowest BCUT2D eigenvalue weighted by Gasteiger charge is -2.18. The third-order valence-corrected chi connectivity index (χ3v) is 3.60. The first-order chi connectivity index (χ1) is 10.0. The summed E-state index contributed by atoms with van der Waals surface area (Å²) < 4.78 is 13.8. The molecule has 1 N–H and O–H groups in total. The van der Waals surface area contributed by atoms with Gasteiger partial charge in [0.2, 0.25) is 0 Å². The number of rotatable bonds is 4. The zero-order valence-electron chi connectivity index (χ0n) is 12.0. The molecule has 1 atom stereocenters. The molecule has 110 valence electrons. The number of nitrogens with one attached hydrogen (secondary N) is 1. The van der Waals surface area contributed by atoms with Crippen LogP contribution in [0, 0.1) is 12.7 Å². The molecule has 2 aromatic rings. The number of aryl methyl sites for hydroxylation is 1. The lowest BCUT2D eigenvalue weighted by Crippen LogP contribution is -2.28. The molecule has 0 radical (unpaired) electrons. The van der Waals surface area contributed by atoms with Crippen LogP contribution in [0.5, 0.6) is 0 Å². The van der Waals surface area contributed by atoms with E-state index in [9.17, 15) is 9.18 Å². The van der Waals surface area contributed by atoms with Crippen molar-refractivity contribution < 1.29 is 9.18 Å². The number of benzene rings is 2. The Hall–Kier alpha value is -1.87. The maximum atomic E-state index is 13.8. The van der Waals surface area contributed by atoms with Crippen LogP contribution in [0.15, 0.2) is 42.5 Å². The van der Waals surface area contributed by atoms with Gasteiger partial charge < -0.3 is 5.32 Å². The lowest BCUT2D eigenvalue weighted by molar-refractivity contribution is 0.0931. The summed E-state index contributed by atoms with van der Waals surface area (Å²) in [5.74, 6) is -1.05. The van der Waals surface area contributed by atoms with E-state index in [-0.39, 0.29) is 16.6 Å². The standard InChI is InChI=1S/C17H17ClFNO/c1-3-16(12-6-4-11(2)5-7-12)20-17(21)14-9-8-13(18)10-15(14)19/h4-10,16H,3H2,1-2H3,(H,20,21)/t16-/m0/s1. The molecule has 4 heteroatoms. The number of carbonyl (C=O) groups excluding carboxylic acids is 1. The maximum absolute atomic E-state index is 13.8. The molecule has 0 aromatic heterocycles. The quantitative estimate of drug-likeness (QED) is 0.874. The average Bonchev–Trinajstić information content (AvgIpc) is 2.45. The van der Waals surface area contributed by atoms with E-state index >= 15 is 0 Å². The lowest BCUT2D eigenvalue weighted by atomic mass is 10.0. The average molecular weight is 306 g/mol. The second-order valence-corrected chi connectivity index (χ2v) is 5.41. The fourth-order valence-corrected chi connectivity index (χ4v) is 2.29. The molecule has 0 heterocycles. The van der Waals surface area contributed by atoms with E-state index in [0.717, 1.165) is 23.6 Å². The Balaban J connectivity index is 2.18. The number of carbonyl (C=O) groups is 1. The van der Waals surface area contributed by atoms with E-state index < -0.39 is 11.7 Å². The molecular weight excluding hydrogens is 289 g/mol. The van der Waals surface area contributed by atoms with Gasteiger partial charge in [-0.25, -0.2) is 4.39 Å². The van der Waals surface area contributed by atoms with E-state index in [1.807, 2.05) is 38.1 Å². The zero-order chi connectivity index (χ0) is 15.4. The summed E-state index contributed by atoms with van der Waals surface area (Å²) in [6, 6.07) is 11.8. The van der Waals surface area contributed by atoms with Gasteiger partial charge in [-0.1, -0.05) is 48.4 Å². The van der Waals surface area contributed by atoms with Crippen molar-refractivity contribution in [3.05, 3.63) is 70.0 Å². The van der Waals surface area contributed by atoms with Crippen LogP contribution in [0.1, 0.15) is 40.9 Å². The highest BCUT2D eigenvalue weighted by Crippen LogP contribution is 2.19. The normalized spacial score (nSPS) is 12.0. The van der Waals surface area contributed by atoms with E-state index in [2.05, 4.69) is 5.32 Å². The minimum atomic E-state index is -0.612. The van der Waals surface area contributed by atoms with Crippen LogP contribution in [0.3, 0.4) is 0 Å². The summed E-state index contributed by atoms with van der Waals surface area (Å²) in [5.41, 5.74) is 2.17. The Morgan fingerprint density at radius 1 is 1.24 bits per heavy atom. The fourth-order valence-electron chi connectivity index (χ4n) is 2.13. The Bertz CT molecular complexity index is 640. The molecule has 0 aliphatic heterocycles. The van der Waals surface area contributed by atoms with Crippen molar-refractivity contribution in [2.75, 3.05) is 0 Å². The molecule has 0 fully saturated rings. The molecule has 0 bridgehead atoms. The summed E-state index contributed by atoms with van der Waals surface area (Å²) in [6.07, 6.45) is 0.726. The third kappa shape index (κ3) is 3.82. The van der Waals surface area contributed by atoms with Crippen molar-refractivity contribution in [3.63, 3.8) is 0 Å². The molecule has 1 amide bonds. The van der Waals surface area contributed by atoms with E-state index in [1.54, 1.807) is 0 Å². The molecule has 0 aliphatic rings. The minimum absolute atomic E-state index is 0.00459. The zero-order valence-corrected chi connectivity index (χ0v) is 12.7. The predicted molar refractivity (Wildman–Crippen MR) is 83.1 cm³/mol. The van der Waals surface area contributed by atoms with Gasteiger partial charge in [-0.15, -0.1) is 0 Å². The van der Waals surface area contributed by atoms with Gasteiger partial charge in [0.1, 0.15) is 5.82 Å². The van der Waals surface area contributed by atoms with Gasteiger partial charge in [-0.3, -0.25) is 4.79 Å². The van der Waals surface area contributed by atoms with Gasteiger partial charge in [-0.2, -0.15) is 0 Å². The van der Waals surface area contributed by atoms with Gasteiger partial charge >= 0.3 is 0 Å². The van der Waals surface area contributed by atoms with Crippen LogP contribution in [-0.4, -0.2) is 5.91 Å². The number of hydrogen-bond donors (Lipinski definition) is 1. The fraction of sp³-hybridized carbons (Fsp3) is 0.235. The molecule has 0 saturated heterocycles. The van der Waals surface area contributed by atoms with Crippen molar-refractivity contribution >= 4 is 17.5 Å². The SMILES string of the molecule is CC[C@H](NC(=O)c1ccc(Cl)cc1F)c1ccc(C)cc1. The van der Waals surface area contributed by atoms with Crippen molar-refractivity contribution in [1.82, 2.24) is 5.32 Å². The van der Waals surface area contributed by atoms with E-state index in [1.165, 1.54) is 12.1 Å². The molecule has 21 heavy (non-hydrogen) atoms. The van der Waals surface area contributed by atoms with Crippen LogP contribution in [0.25, 0.3) is 0 Å². The molecule has 0 aliphatic carbocycles. The smallest absolute Gasteiger partial charge is 0.254 e. The van der Waals surface area contributed by atoms with Crippen molar-refractivity contribution in [2.24, 2.45) is 0 Å². The molecule has 0 unspecified atom stereocenters. The van der Waals surface area contributed by atoms with Gasteiger partial charge in [0.15, 0.2) is 0 Å². The second kappa shape index (κ2) is 6.72. The van der Waals surface area contributed by atoms with Crippen LogP contribution in [-0.2, 0) is 0 Å². The highest BCUT2D eigenvalue weighted by molar-refractivity contribution is 6.30. The van der Waals surface area contributed by atoms with Gasteiger partial charge in [0, 0.05) is 5.02 Å². The Kier molecular flexibility index (Phi) is 4.97. The minimum Gasteiger partial charge on any atom is -0.345 e.